The van der Waals surface area contributed by atoms with Gasteiger partial charge in [0.2, 0.25) is 0 Å². The molecule has 0 bridgehead atoms. The summed E-state index contributed by atoms with van der Waals surface area (Å²) in [5.74, 6) is -0.102. The number of H-pyrrole nitrogens is 1. The van der Waals surface area contributed by atoms with Crippen LogP contribution in [0.4, 0.5) is 19.0 Å². The zero-order valence-electron chi connectivity index (χ0n) is 13.4. The molecule has 2 aromatic rings. The van der Waals surface area contributed by atoms with Gasteiger partial charge < -0.3 is 10.4 Å². The SMILES string of the molecule is Cn1c([C@H]2C[C@H](CNc3ncccc3C(F)(F)F)[C@H](O)C2)n[nH]c1=O. The Labute approximate surface area is 140 Å². The van der Waals surface area contributed by atoms with Crippen LogP contribution < -0.4 is 11.0 Å². The summed E-state index contributed by atoms with van der Waals surface area (Å²) in [5, 5.41) is 19.2. The highest BCUT2D eigenvalue weighted by Crippen LogP contribution is 2.38. The fourth-order valence-corrected chi connectivity index (χ4v) is 3.26. The molecule has 1 fully saturated rings. The third-order valence-corrected chi connectivity index (χ3v) is 4.58. The summed E-state index contributed by atoms with van der Waals surface area (Å²) in [5.41, 5.74) is -1.18. The second kappa shape index (κ2) is 6.51. The molecule has 0 spiro atoms. The largest absolute Gasteiger partial charge is 0.419 e. The Kier molecular flexibility index (Phi) is 4.55. The maximum Gasteiger partial charge on any atom is 0.419 e. The molecular formula is C15H18F3N5O2. The van der Waals surface area contributed by atoms with Crippen molar-refractivity contribution in [3.8, 4) is 0 Å². The van der Waals surface area contributed by atoms with Crippen molar-refractivity contribution in [3.63, 3.8) is 0 Å². The molecule has 0 aromatic carbocycles. The molecule has 0 unspecified atom stereocenters. The first kappa shape index (κ1) is 17.5. The quantitative estimate of drug-likeness (QED) is 0.771. The molecule has 0 saturated heterocycles. The van der Waals surface area contributed by atoms with Crippen LogP contribution in [0, 0.1) is 5.92 Å². The van der Waals surface area contributed by atoms with Gasteiger partial charge in [-0.2, -0.15) is 18.3 Å². The van der Waals surface area contributed by atoms with Crippen molar-refractivity contribution in [2.24, 2.45) is 13.0 Å². The number of aliphatic hydroxyl groups is 1. The second-order valence-electron chi connectivity index (χ2n) is 6.22. The van der Waals surface area contributed by atoms with Gasteiger partial charge in [-0.15, -0.1) is 0 Å². The molecule has 3 atom stereocenters. The topological polar surface area (TPSA) is 95.8 Å². The number of nitrogens with zero attached hydrogens (tertiary/aromatic N) is 3. The molecule has 2 aromatic heterocycles. The summed E-state index contributed by atoms with van der Waals surface area (Å²) in [7, 11) is 1.59. The lowest BCUT2D eigenvalue weighted by atomic mass is 10.0. The van der Waals surface area contributed by atoms with Crippen molar-refractivity contribution in [2.75, 3.05) is 11.9 Å². The van der Waals surface area contributed by atoms with Gasteiger partial charge in [0.25, 0.3) is 0 Å². The first-order valence-electron chi connectivity index (χ1n) is 7.82. The minimum absolute atomic E-state index is 0.128. The van der Waals surface area contributed by atoms with Crippen LogP contribution in [-0.4, -0.2) is 37.5 Å². The minimum atomic E-state index is -4.50. The van der Waals surface area contributed by atoms with Gasteiger partial charge in [-0.25, -0.2) is 14.9 Å². The number of halogens is 3. The molecule has 0 amide bonds. The highest BCUT2D eigenvalue weighted by molar-refractivity contribution is 5.45. The summed E-state index contributed by atoms with van der Waals surface area (Å²) in [4.78, 5) is 15.2. The molecule has 25 heavy (non-hydrogen) atoms. The number of anilines is 1. The first-order valence-corrected chi connectivity index (χ1v) is 7.82. The van der Waals surface area contributed by atoms with Gasteiger partial charge in [0.1, 0.15) is 11.6 Å². The predicted octanol–water partition coefficient (Wildman–Crippen LogP) is 1.49. The van der Waals surface area contributed by atoms with Gasteiger partial charge in [-0.05, 0) is 25.0 Å². The van der Waals surface area contributed by atoms with Crippen LogP contribution >= 0.6 is 0 Å². The number of pyridine rings is 1. The number of alkyl halides is 3. The number of nitrogens with one attached hydrogen (secondary N) is 2. The van der Waals surface area contributed by atoms with Crippen molar-refractivity contribution < 1.29 is 18.3 Å². The van der Waals surface area contributed by atoms with Crippen molar-refractivity contribution >= 4 is 5.82 Å². The zero-order chi connectivity index (χ0) is 18.2. The Balaban J connectivity index is 1.69. The summed E-state index contributed by atoms with van der Waals surface area (Å²) in [6.45, 7) is 0.149. The van der Waals surface area contributed by atoms with Gasteiger partial charge >= 0.3 is 11.9 Å². The lowest BCUT2D eigenvalue weighted by molar-refractivity contribution is -0.137. The maximum absolute atomic E-state index is 13.0. The van der Waals surface area contributed by atoms with E-state index in [1.165, 1.54) is 16.8 Å². The third-order valence-electron chi connectivity index (χ3n) is 4.58. The van der Waals surface area contributed by atoms with Crippen molar-refractivity contribution in [1.29, 1.82) is 0 Å². The third kappa shape index (κ3) is 3.53. The van der Waals surface area contributed by atoms with E-state index in [2.05, 4.69) is 20.5 Å². The Hall–Kier alpha value is -2.36. The average molecular weight is 357 g/mol. The van der Waals surface area contributed by atoms with Crippen LogP contribution in [0.5, 0.6) is 0 Å². The summed E-state index contributed by atoms with van der Waals surface area (Å²) in [6.07, 6.45) is -2.99. The maximum atomic E-state index is 13.0. The van der Waals surface area contributed by atoms with Crippen LogP contribution in [0.2, 0.25) is 0 Å². The highest BCUT2D eigenvalue weighted by atomic mass is 19.4. The molecule has 0 radical (unpaired) electrons. The standard InChI is InChI=1S/C15H18F3N5O2/c1-23-13(21-22-14(23)25)8-5-9(11(24)6-8)7-20-12-10(15(16,17)18)3-2-4-19-12/h2-4,8-9,11,24H,5-7H2,1H3,(H,19,20)(H,22,25)/t8-,9+,11+/m0/s1. The summed E-state index contributed by atoms with van der Waals surface area (Å²) < 4.78 is 40.3. The molecule has 1 aliphatic rings. The first-order chi connectivity index (χ1) is 11.8. The van der Waals surface area contributed by atoms with E-state index < -0.39 is 17.8 Å². The van der Waals surface area contributed by atoms with Crippen molar-refractivity contribution in [3.05, 3.63) is 40.2 Å². The highest BCUT2D eigenvalue weighted by Gasteiger charge is 2.37. The molecular weight excluding hydrogens is 339 g/mol. The molecule has 0 aliphatic heterocycles. The van der Waals surface area contributed by atoms with E-state index in [1.54, 1.807) is 7.05 Å². The number of aliphatic hydroxyl groups excluding tert-OH is 1. The lowest BCUT2D eigenvalue weighted by Gasteiger charge is -2.18. The monoisotopic (exact) mass is 357 g/mol. The number of aromatic amines is 1. The molecule has 2 heterocycles. The van der Waals surface area contributed by atoms with E-state index in [-0.39, 0.29) is 29.9 Å². The van der Waals surface area contributed by atoms with Crippen LogP contribution in [0.15, 0.2) is 23.1 Å². The average Bonchev–Trinajstić information content (AvgIpc) is 3.08. The number of hydrogen-bond acceptors (Lipinski definition) is 5. The molecule has 3 N–H and O–H groups in total. The molecule has 3 rings (SSSR count). The summed E-state index contributed by atoms with van der Waals surface area (Å²) in [6, 6.07) is 2.19. The molecule has 136 valence electrons. The van der Waals surface area contributed by atoms with Crippen molar-refractivity contribution in [2.45, 2.75) is 31.0 Å². The van der Waals surface area contributed by atoms with Gasteiger partial charge in [-0.3, -0.25) is 4.57 Å². The predicted molar refractivity (Wildman–Crippen MR) is 83.0 cm³/mol. The van der Waals surface area contributed by atoms with E-state index in [1.807, 2.05) is 0 Å². The van der Waals surface area contributed by atoms with Crippen LogP contribution in [-0.2, 0) is 13.2 Å². The van der Waals surface area contributed by atoms with Crippen LogP contribution in [0.25, 0.3) is 0 Å². The fourth-order valence-electron chi connectivity index (χ4n) is 3.26. The smallest absolute Gasteiger partial charge is 0.393 e. The van der Waals surface area contributed by atoms with E-state index in [0.717, 1.165) is 6.07 Å². The zero-order valence-corrected chi connectivity index (χ0v) is 13.4. The Morgan fingerprint density at radius 2 is 2.20 bits per heavy atom. The molecule has 1 aliphatic carbocycles. The number of aromatic nitrogens is 4. The van der Waals surface area contributed by atoms with E-state index >= 15 is 0 Å². The van der Waals surface area contributed by atoms with E-state index in [0.29, 0.717) is 18.7 Å². The van der Waals surface area contributed by atoms with Gasteiger partial charge in [0.05, 0.1) is 11.7 Å². The Morgan fingerprint density at radius 3 is 2.84 bits per heavy atom. The summed E-state index contributed by atoms with van der Waals surface area (Å²) >= 11 is 0. The van der Waals surface area contributed by atoms with Crippen LogP contribution in [0.3, 0.4) is 0 Å². The minimum Gasteiger partial charge on any atom is -0.393 e. The van der Waals surface area contributed by atoms with Gasteiger partial charge in [0.15, 0.2) is 0 Å². The lowest BCUT2D eigenvalue weighted by Crippen LogP contribution is -2.23. The molecule has 10 heteroatoms. The van der Waals surface area contributed by atoms with E-state index in [9.17, 15) is 23.1 Å². The van der Waals surface area contributed by atoms with E-state index in [4.69, 9.17) is 0 Å². The van der Waals surface area contributed by atoms with Crippen molar-refractivity contribution in [1.82, 2.24) is 19.7 Å². The molecule has 1 saturated carbocycles. The Bertz CT molecular complexity index is 801. The Morgan fingerprint density at radius 1 is 1.44 bits per heavy atom. The van der Waals surface area contributed by atoms with Crippen LogP contribution in [0.1, 0.15) is 30.1 Å². The number of hydrogen-bond donors (Lipinski definition) is 3. The second-order valence-corrected chi connectivity index (χ2v) is 6.22. The fraction of sp³-hybridized carbons (Fsp3) is 0.533. The normalized spacial score (nSPS) is 23.8. The number of rotatable bonds is 4. The molecule has 7 nitrogen and oxygen atoms in total. The van der Waals surface area contributed by atoms with Gasteiger partial charge in [-0.1, -0.05) is 0 Å². The van der Waals surface area contributed by atoms with Gasteiger partial charge in [0, 0.05) is 31.6 Å².